The summed E-state index contributed by atoms with van der Waals surface area (Å²) in [7, 11) is 0. The molecule has 0 aliphatic heterocycles. The largest absolute Gasteiger partial charge is 0.481 e. The van der Waals surface area contributed by atoms with Gasteiger partial charge in [0.25, 0.3) is 0 Å². The third kappa shape index (κ3) is 4.37. The van der Waals surface area contributed by atoms with Crippen LogP contribution in [0.25, 0.3) is 0 Å². The van der Waals surface area contributed by atoms with Crippen LogP contribution >= 0.6 is 27.3 Å². The molecule has 2 rings (SSSR count). The van der Waals surface area contributed by atoms with Gasteiger partial charge in [0.15, 0.2) is 0 Å². The molecule has 2 aromatic rings. The summed E-state index contributed by atoms with van der Waals surface area (Å²) >= 11 is 4.63. The lowest BCUT2D eigenvalue weighted by Gasteiger charge is -2.09. The van der Waals surface area contributed by atoms with Crippen LogP contribution in [0.15, 0.2) is 34.1 Å². The van der Waals surface area contributed by atoms with Crippen LogP contribution in [-0.2, 0) is 16.0 Å². The molecule has 0 aliphatic carbocycles. The third-order valence-corrected chi connectivity index (χ3v) is 4.38. The van der Waals surface area contributed by atoms with E-state index in [1.165, 1.54) is 11.3 Å². The van der Waals surface area contributed by atoms with Crippen molar-refractivity contribution >= 4 is 44.8 Å². The summed E-state index contributed by atoms with van der Waals surface area (Å²) in [5.74, 6) is -1.53. The second-order valence-corrected chi connectivity index (χ2v) is 6.27. The fourth-order valence-electron chi connectivity index (χ4n) is 1.65. The van der Waals surface area contributed by atoms with Crippen LogP contribution < -0.4 is 5.32 Å². The minimum atomic E-state index is -0.932. The number of halogens is 1. The van der Waals surface area contributed by atoms with Crippen molar-refractivity contribution in [3.05, 3.63) is 44.8 Å². The van der Waals surface area contributed by atoms with Crippen LogP contribution in [-0.4, -0.2) is 22.0 Å². The molecule has 21 heavy (non-hydrogen) atoms. The quantitative estimate of drug-likeness (QED) is 0.848. The monoisotopic (exact) mass is 368 g/mol. The number of benzene rings is 1. The standard InChI is InChI=1S/C14H13BrN2O3S/c1-8(14-17-11(7-21-14)6-12(18)19)13(20)16-10-4-2-9(15)3-5-10/h2-5,7-8H,6H2,1H3,(H,16,20)(H,18,19)/t8-/m1/s1. The van der Waals surface area contributed by atoms with Gasteiger partial charge in [-0.25, -0.2) is 4.98 Å². The summed E-state index contributed by atoms with van der Waals surface area (Å²) in [5.41, 5.74) is 1.18. The number of thiazole rings is 1. The first-order valence-corrected chi connectivity index (χ1v) is 7.85. The van der Waals surface area contributed by atoms with E-state index in [1.807, 2.05) is 12.1 Å². The van der Waals surface area contributed by atoms with E-state index in [4.69, 9.17) is 5.11 Å². The Balaban J connectivity index is 2.03. The van der Waals surface area contributed by atoms with E-state index in [0.717, 1.165) is 4.47 Å². The van der Waals surface area contributed by atoms with Crippen molar-refractivity contribution in [2.45, 2.75) is 19.3 Å². The Kier molecular flexibility index (Phi) is 5.08. The highest BCUT2D eigenvalue weighted by atomic mass is 79.9. The van der Waals surface area contributed by atoms with Crippen molar-refractivity contribution < 1.29 is 14.7 Å². The Morgan fingerprint density at radius 1 is 1.38 bits per heavy atom. The van der Waals surface area contributed by atoms with Crippen molar-refractivity contribution in [2.75, 3.05) is 5.32 Å². The lowest BCUT2D eigenvalue weighted by molar-refractivity contribution is -0.136. The topological polar surface area (TPSA) is 79.3 Å². The molecule has 7 heteroatoms. The number of nitrogens with one attached hydrogen (secondary N) is 1. The molecule has 1 heterocycles. The fraction of sp³-hybridized carbons (Fsp3) is 0.214. The van der Waals surface area contributed by atoms with E-state index in [0.29, 0.717) is 16.4 Å². The number of amides is 1. The van der Waals surface area contributed by atoms with Crippen LogP contribution in [0.4, 0.5) is 5.69 Å². The van der Waals surface area contributed by atoms with Gasteiger partial charge in [-0.15, -0.1) is 11.3 Å². The van der Waals surface area contributed by atoms with Crippen LogP contribution in [0.1, 0.15) is 23.5 Å². The molecular formula is C14H13BrN2O3S. The molecule has 0 bridgehead atoms. The summed E-state index contributed by atoms with van der Waals surface area (Å²) in [6, 6.07) is 7.28. The van der Waals surface area contributed by atoms with Gasteiger partial charge in [0.05, 0.1) is 18.0 Å². The lowest BCUT2D eigenvalue weighted by Crippen LogP contribution is -2.18. The Morgan fingerprint density at radius 3 is 2.67 bits per heavy atom. The smallest absolute Gasteiger partial charge is 0.309 e. The first-order chi connectivity index (χ1) is 9.95. The van der Waals surface area contributed by atoms with Crippen LogP contribution in [0.2, 0.25) is 0 Å². The molecule has 1 amide bonds. The van der Waals surface area contributed by atoms with Gasteiger partial charge in [-0.3, -0.25) is 9.59 Å². The van der Waals surface area contributed by atoms with Gasteiger partial charge in [-0.1, -0.05) is 15.9 Å². The van der Waals surface area contributed by atoms with E-state index in [2.05, 4.69) is 26.2 Å². The number of rotatable bonds is 5. The number of anilines is 1. The highest BCUT2D eigenvalue weighted by molar-refractivity contribution is 9.10. The Bertz CT molecular complexity index is 654. The van der Waals surface area contributed by atoms with Crippen LogP contribution in [0.5, 0.6) is 0 Å². The highest BCUT2D eigenvalue weighted by Crippen LogP contribution is 2.22. The summed E-state index contributed by atoms with van der Waals surface area (Å²) in [5, 5.41) is 13.8. The van der Waals surface area contributed by atoms with Crippen molar-refractivity contribution in [1.82, 2.24) is 4.98 Å². The van der Waals surface area contributed by atoms with Gasteiger partial charge in [-0.2, -0.15) is 0 Å². The molecule has 0 radical (unpaired) electrons. The number of carboxylic acid groups (broad SMARTS) is 1. The minimum Gasteiger partial charge on any atom is -0.481 e. The molecule has 0 saturated heterocycles. The maximum Gasteiger partial charge on any atom is 0.309 e. The first kappa shape index (κ1) is 15.7. The minimum absolute atomic E-state index is 0.127. The van der Waals surface area contributed by atoms with Crippen molar-refractivity contribution in [3.63, 3.8) is 0 Å². The summed E-state index contributed by atoms with van der Waals surface area (Å²) < 4.78 is 0.937. The summed E-state index contributed by atoms with van der Waals surface area (Å²) in [6.45, 7) is 1.75. The van der Waals surface area contributed by atoms with Crippen LogP contribution in [0, 0.1) is 0 Å². The molecule has 0 spiro atoms. The van der Waals surface area contributed by atoms with E-state index in [1.54, 1.807) is 24.4 Å². The van der Waals surface area contributed by atoms with Gasteiger partial charge in [0.1, 0.15) is 5.01 Å². The molecule has 0 saturated carbocycles. The first-order valence-electron chi connectivity index (χ1n) is 6.18. The lowest BCUT2D eigenvalue weighted by atomic mass is 10.1. The Hall–Kier alpha value is -1.73. The molecular weight excluding hydrogens is 356 g/mol. The molecule has 0 aliphatic rings. The van der Waals surface area contributed by atoms with E-state index >= 15 is 0 Å². The molecule has 5 nitrogen and oxygen atoms in total. The maximum atomic E-state index is 12.2. The zero-order chi connectivity index (χ0) is 15.4. The molecule has 1 atom stereocenters. The number of hydrogen-bond acceptors (Lipinski definition) is 4. The molecule has 0 fully saturated rings. The predicted molar refractivity (Wildman–Crippen MR) is 84.6 cm³/mol. The van der Waals surface area contributed by atoms with Gasteiger partial charge in [0.2, 0.25) is 5.91 Å². The Labute approximate surface area is 134 Å². The molecule has 0 unspecified atom stereocenters. The zero-order valence-electron chi connectivity index (χ0n) is 11.2. The molecule has 110 valence electrons. The number of nitrogens with zero attached hydrogens (tertiary/aromatic N) is 1. The number of carbonyl (C=O) groups excluding carboxylic acids is 1. The van der Waals surface area contributed by atoms with Crippen molar-refractivity contribution in [1.29, 1.82) is 0 Å². The van der Waals surface area contributed by atoms with Gasteiger partial charge >= 0.3 is 5.97 Å². The zero-order valence-corrected chi connectivity index (χ0v) is 13.6. The second kappa shape index (κ2) is 6.82. The number of aromatic nitrogens is 1. The molecule has 2 N–H and O–H groups in total. The number of hydrogen-bond donors (Lipinski definition) is 2. The highest BCUT2D eigenvalue weighted by Gasteiger charge is 2.19. The van der Waals surface area contributed by atoms with Crippen molar-refractivity contribution in [2.24, 2.45) is 0 Å². The SMILES string of the molecule is C[C@H](C(=O)Nc1ccc(Br)cc1)c1nc(CC(=O)O)cs1. The second-order valence-electron chi connectivity index (χ2n) is 4.47. The number of carbonyl (C=O) groups is 2. The van der Waals surface area contributed by atoms with Crippen LogP contribution in [0.3, 0.4) is 0 Å². The fourth-order valence-corrected chi connectivity index (χ4v) is 2.79. The van der Waals surface area contributed by atoms with E-state index in [-0.39, 0.29) is 12.3 Å². The third-order valence-electron chi connectivity index (χ3n) is 2.78. The Morgan fingerprint density at radius 2 is 2.05 bits per heavy atom. The van der Waals surface area contributed by atoms with Crippen molar-refractivity contribution in [3.8, 4) is 0 Å². The maximum absolute atomic E-state index is 12.2. The van der Waals surface area contributed by atoms with Gasteiger partial charge in [0, 0.05) is 15.5 Å². The molecule has 1 aromatic carbocycles. The van der Waals surface area contributed by atoms with Gasteiger partial charge < -0.3 is 10.4 Å². The summed E-state index contributed by atoms with van der Waals surface area (Å²) in [4.78, 5) is 27.0. The van der Waals surface area contributed by atoms with E-state index < -0.39 is 11.9 Å². The normalized spacial score (nSPS) is 11.9. The van der Waals surface area contributed by atoms with Gasteiger partial charge in [-0.05, 0) is 31.2 Å². The average Bonchev–Trinajstić information content (AvgIpc) is 2.88. The predicted octanol–water partition coefficient (Wildman–Crippen LogP) is 3.27. The average molecular weight is 369 g/mol. The van der Waals surface area contributed by atoms with E-state index in [9.17, 15) is 9.59 Å². The number of aliphatic carboxylic acids is 1. The number of carboxylic acids is 1. The molecule has 1 aromatic heterocycles. The summed E-state index contributed by atoms with van der Waals surface area (Å²) in [6.07, 6.45) is -0.127.